The van der Waals surface area contributed by atoms with E-state index in [1.807, 2.05) is 31.2 Å². The molecule has 1 heterocycles. The number of halogens is 2. The molecule has 30 heavy (non-hydrogen) atoms. The van der Waals surface area contributed by atoms with Crippen LogP contribution >= 0.6 is 23.2 Å². The third-order valence-corrected chi connectivity index (χ3v) is 5.71. The van der Waals surface area contributed by atoms with E-state index in [-0.39, 0.29) is 0 Å². The van der Waals surface area contributed by atoms with Crippen LogP contribution in [0.3, 0.4) is 0 Å². The fourth-order valence-corrected chi connectivity index (χ4v) is 3.74. The quantitative estimate of drug-likeness (QED) is 0.278. The number of nitrogens with zero attached hydrogens (tertiary/aromatic N) is 2. The highest BCUT2D eigenvalue weighted by Gasteiger charge is 2.15. The molecular weight excluding hydrogens is 419 g/mol. The van der Waals surface area contributed by atoms with Gasteiger partial charge in [0.1, 0.15) is 5.75 Å². The van der Waals surface area contributed by atoms with Crippen molar-refractivity contribution in [2.24, 2.45) is 0 Å². The van der Waals surface area contributed by atoms with Gasteiger partial charge in [0, 0.05) is 10.6 Å². The van der Waals surface area contributed by atoms with E-state index in [0.29, 0.717) is 27.4 Å². The molecule has 4 nitrogen and oxygen atoms in total. The van der Waals surface area contributed by atoms with Crippen LogP contribution in [-0.4, -0.2) is 16.8 Å². The van der Waals surface area contributed by atoms with Gasteiger partial charge < -0.3 is 9.15 Å². The lowest BCUT2D eigenvalue weighted by Crippen LogP contribution is -1.97. The number of hydrogen-bond acceptors (Lipinski definition) is 4. The molecule has 0 unspecified atom stereocenters. The van der Waals surface area contributed by atoms with Crippen LogP contribution in [0, 0.1) is 6.92 Å². The fourth-order valence-electron chi connectivity index (χ4n) is 3.27. The average Bonchev–Trinajstić information content (AvgIpc) is 3.23. The van der Waals surface area contributed by atoms with Crippen LogP contribution in [0.5, 0.6) is 5.75 Å². The zero-order chi connectivity index (χ0) is 21.3. The number of unbranched alkanes of at least 4 members (excludes halogenated alkanes) is 6. The van der Waals surface area contributed by atoms with Gasteiger partial charge in [-0.25, -0.2) is 0 Å². The first-order chi connectivity index (χ1) is 14.6. The predicted molar refractivity (Wildman–Crippen MR) is 123 cm³/mol. The van der Waals surface area contributed by atoms with E-state index in [0.717, 1.165) is 29.9 Å². The van der Waals surface area contributed by atoms with Crippen LogP contribution in [0.1, 0.15) is 57.4 Å². The summed E-state index contributed by atoms with van der Waals surface area (Å²) < 4.78 is 11.7. The summed E-state index contributed by atoms with van der Waals surface area (Å²) in [5.41, 5.74) is 2.32. The summed E-state index contributed by atoms with van der Waals surface area (Å²) in [7, 11) is 0. The minimum Gasteiger partial charge on any atom is -0.494 e. The van der Waals surface area contributed by atoms with Crippen molar-refractivity contribution in [3.8, 4) is 28.7 Å². The molecule has 0 aliphatic rings. The van der Waals surface area contributed by atoms with E-state index < -0.39 is 0 Å². The monoisotopic (exact) mass is 446 g/mol. The summed E-state index contributed by atoms with van der Waals surface area (Å²) in [5.74, 6) is 1.62. The van der Waals surface area contributed by atoms with Crippen molar-refractivity contribution in [3.05, 3.63) is 52.0 Å². The summed E-state index contributed by atoms with van der Waals surface area (Å²) in [6.07, 6.45) is 8.90. The van der Waals surface area contributed by atoms with Crippen molar-refractivity contribution < 1.29 is 9.15 Å². The van der Waals surface area contributed by atoms with Crippen LogP contribution in [0.4, 0.5) is 0 Å². The Morgan fingerprint density at radius 2 is 1.53 bits per heavy atom. The van der Waals surface area contributed by atoms with Crippen LogP contribution in [0.25, 0.3) is 22.9 Å². The van der Waals surface area contributed by atoms with Crippen LogP contribution in [0.15, 0.2) is 40.8 Å². The lowest BCUT2D eigenvalue weighted by molar-refractivity contribution is 0.304. The summed E-state index contributed by atoms with van der Waals surface area (Å²) in [6, 6.07) is 11.2. The molecule has 0 bridgehead atoms. The topological polar surface area (TPSA) is 48.2 Å². The molecule has 0 spiro atoms. The zero-order valence-corrected chi connectivity index (χ0v) is 19.1. The second kappa shape index (κ2) is 11.4. The second-order valence-electron chi connectivity index (χ2n) is 7.49. The van der Waals surface area contributed by atoms with Gasteiger partial charge in [-0.3, -0.25) is 0 Å². The van der Waals surface area contributed by atoms with E-state index >= 15 is 0 Å². The van der Waals surface area contributed by atoms with Gasteiger partial charge in [0.15, 0.2) is 0 Å². The Morgan fingerprint density at radius 1 is 0.867 bits per heavy atom. The molecule has 0 N–H and O–H groups in total. The Labute approximate surface area is 188 Å². The highest BCUT2D eigenvalue weighted by atomic mass is 35.5. The van der Waals surface area contributed by atoms with E-state index in [4.69, 9.17) is 32.4 Å². The standard InChI is InChI=1S/C24H28Cl2N2O2/c1-3-4-5-6-7-8-9-14-29-20-12-10-18(11-13-20)23-27-28-24(30-23)21-16-19(25)15-17(2)22(21)26/h10-13,15-16H,3-9,14H2,1-2H3. The second-order valence-corrected chi connectivity index (χ2v) is 8.31. The number of hydrogen-bond donors (Lipinski definition) is 0. The maximum Gasteiger partial charge on any atom is 0.249 e. The third kappa shape index (κ3) is 6.23. The van der Waals surface area contributed by atoms with Gasteiger partial charge in [0.25, 0.3) is 0 Å². The molecule has 1 aromatic heterocycles. The minimum atomic E-state index is 0.347. The van der Waals surface area contributed by atoms with Gasteiger partial charge in [0.05, 0.1) is 17.2 Å². The summed E-state index contributed by atoms with van der Waals surface area (Å²) in [6.45, 7) is 4.87. The van der Waals surface area contributed by atoms with Gasteiger partial charge in [0.2, 0.25) is 11.8 Å². The number of benzene rings is 2. The number of rotatable bonds is 11. The first-order valence-corrected chi connectivity index (χ1v) is 11.4. The molecule has 6 heteroatoms. The SMILES string of the molecule is CCCCCCCCCOc1ccc(-c2nnc(-c3cc(Cl)cc(C)c3Cl)o2)cc1. The molecule has 0 fully saturated rings. The maximum atomic E-state index is 6.38. The number of ether oxygens (including phenoxy) is 1. The van der Waals surface area contributed by atoms with Crippen LogP contribution < -0.4 is 4.74 Å². The lowest BCUT2D eigenvalue weighted by Gasteiger charge is -2.06. The Bertz CT molecular complexity index is 939. The molecule has 0 atom stereocenters. The molecule has 0 saturated carbocycles. The van der Waals surface area contributed by atoms with Gasteiger partial charge in [-0.1, -0.05) is 68.7 Å². The van der Waals surface area contributed by atoms with E-state index in [2.05, 4.69) is 17.1 Å². The first kappa shape index (κ1) is 22.6. The molecule has 0 radical (unpaired) electrons. The molecular formula is C24H28Cl2N2O2. The molecule has 0 aliphatic carbocycles. The van der Waals surface area contributed by atoms with E-state index in [1.54, 1.807) is 12.1 Å². The molecule has 3 aromatic rings. The molecule has 0 aliphatic heterocycles. The molecule has 160 valence electrons. The Morgan fingerprint density at radius 3 is 2.27 bits per heavy atom. The van der Waals surface area contributed by atoms with Crippen LogP contribution in [0.2, 0.25) is 10.0 Å². The fraction of sp³-hybridized carbons (Fsp3) is 0.417. The minimum absolute atomic E-state index is 0.347. The largest absolute Gasteiger partial charge is 0.494 e. The number of aryl methyl sites for hydroxylation is 1. The summed E-state index contributed by atoms with van der Waals surface area (Å²) in [4.78, 5) is 0. The summed E-state index contributed by atoms with van der Waals surface area (Å²) in [5, 5.41) is 9.42. The van der Waals surface area contributed by atoms with Gasteiger partial charge in [-0.05, 0) is 55.3 Å². The van der Waals surface area contributed by atoms with Crippen molar-refractivity contribution in [2.75, 3.05) is 6.61 Å². The Hall–Kier alpha value is -2.04. The number of aromatic nitrogens is 2. The van der Waals surface area contributed by atoms with Gasteiger partial charge in [-0.2, -0.15) is 0 Å². The van der Waals surface area contributed by atoms with Gasteiger partial charge in [-0.15, -0.1) is 10.2 Å². The summed E-state index contributed by atoms with van der Waals surface area (Å²) >= 11 is 12.5. The third-order valence-electron chi connectivity index (χ3n) is 4.99. The average molecular weight is 447 g/mol. The van der Waals surface area contributed by atoms with Crippen molar-refractivity contribution in [2.45, 2.75) is 58.8 Å². The normalized spacial score (nSPS) is 11.1. The smallest absolute Gasteiger partial charge is 0.249 e. The highest BCUT2D eigenvalue weighted by Crippen LogP contribution is 2.34. The molecule has 2 aromatic carbocycles. The van der Waals surface area contributed by atoms with E-state index in [9.17, 15) is 0 Å². The molecule has 3 rings (SSSR count). The highest BCUT2D eigenvalue weighted by molar-refractivity contribution is 6.35. The van der Waals surface area contributed by atoms with Crippen molar-refractivity contribution >= 4 is 23.2 Å². The van der Waals surface area contributed by atoms with Crippen molar-refractivity contribution in [1.82, 2.24) is 10.2 Å². The van der Waals surface area contributed by atoms with Crippen molar-refractivity contribution in [3.63, 3.8) is 0 Å². The lowest BCUT2D eigenvalue weighted by atomic mass is 10.1. The van der Waals surface area contributed by atoms with Gasteiger partial charge >= 0.3 is 0 Å². The molecule has 0 saturated heterocycles. The molecule has 0 amide bonds. The maximum absolute atomic E-state index is 6.38. The van der Waals surface area contributed by atoms with Crippen LogP contribution in [-0.2, 0) is 0 Å². The van der Waals surface area contributed by atoms with E-state index in [1.165, 1.54) is 38.5 Å². The van der Waals surface area contributed by atoms with Crippen molar-refractivity contribution in [1.29, 1.82) is 0 Å². The predicted octanol–water partition coefficient (Wildman–Crippen LogP) is 8.15. The Balaban J connectivity index is 1.54. The zero-order valence-electron chi connectivity index (χ0n) is 17.6. The first-order valence-electron chi connectivity index (χ1n) is 10.6. The Kier molecular flexibility index (Phi) is 8.59.